The lowest BCUT2D eigenvalue weighted by molar-refractivity contribution is -0.385. The molecule has 1 N–H and O–H groups in total. The first-order chi connectivity index (χ1) is 9.25. The van der Waals surface area contributed by atoms with E-state index in [4.69, 9.17) is 5.11 Å². The van der Waals surface area contributed by atoms with E-state index >= 15 is 0 Å². The molecule has 1 aromatic carbocycles. The number of nitrogens with zero attached hydrogens (tertiary/aromatic N) is 1. The van der Waals surface area contributed by atoms with Crippen LogP contribution in [0.4, 0.5) is 5.69 Å². The molecule has 0 amide bonds. The highest BCUT2D eigenvalue weighted by atomic mass is 32.2. The summed E-state index contributed by atoms with van der Waals surface area (Å²) in [5.74, 6) is -1.38. The van der Waals surface area contributed by atoms with Gasteiger partial charge in [-0.25, -0.2) is 0 Å². The molecule has 0 aromatic heterocycles. The molecular formula is C13H17NO5S. The number of nitro benzene ring substituents is 1. The average Bonchev–Trinajstić information content (AvgIpc) is 2.30. The lowest BCUT2D eigenvalue weighted by atomic mass is 10.1. The third-order valence-electron chi connectivity index (χ3n) is 3.04. The van der Waals surface area contributed by atoms with Gasteiger partial charge in [-0.2, -0.15) is 0 Å². The molecule has 0 aliphatic heterocycles. The van der Waals surface area contributed by atoms with Crippen LogP contribution in [-0.4, -0.2) is 25.5 Å². The number of aliphatic carboxylic acids is 1. The van der Waals surface area contributed by atoms with Gasteiger partial charge in [0.2, 0.25) is 0 Å². The fourth-order valence-corrected chi connectivity index (χ4v) is 3.60. The number of hydrogen-bond donors (Lipinski definition) is 1. The maximum Gasteiger partial charge on any atom is 0.319 e. The van der Waals surface area contributed by atoms with Crippen LogP contribution in [-0.2, 0) is 21.3 Å². The van der Waals surface area contributed by atoms with Gasteiger partial charge < -0.3 is 5.11 Å². The van der Waals surface area contributed by atoms with Gasteiger partial charge in [0.15, 0.2) is 0 Å². The highest BCUT2D eigenvalue weighted by Gasteiger charge is 2.29. The van der Waals surface area contributed by atoms with Crippen molar-refractivity contribution in [2.24, 2.45) is 5.92 Å². The molecule has 0 aliphatic carbocycles. The molecule has 7 heteroatoms. The van der Waals surface area contributed by atoms with Crippen LogP contribution in [0.2, 0.25) is 0 Å². The Morgan fingerprint density at radius 1 is 1.45 bits per heavy atom. The molecule has 0 saturated heterocycles. The third-order valence-corrected chi connectivity index (χ3v) is 4.95. The summed E-state index contributed by atoms with van der Waals surface area (Å²) in [6.07, 6.45) is 0. The minimum Gasteiger partial charge on any atom is -0.480 e. The highest BCUT2D eigenvalue weighted by molar-refractivity contribution is 7.85. The molecule has 2 atom stereocenters. The van der Waals surface area contributed by atoms with E-state index in [0.717, 1.165) is 0 Å². The summed E-state index contributed by atoms with van der Waals surface area (Å²) >= 11 is 0. The fraction of sp³-hybridized carbons (Fsp3) is 0.462. The summed E-state index contributed by atoms with van der Waals surface area (Å²) < 4.78 is 12.2. The number of benzene rings is 1. The summed E-state index contributed by atoms with van der Waals surface area (Å²) in [7, 11) is -1.62. The van der Waals surface area contributed by atoms with Gasteiger partial charge >= 0.3 is 5.97 Å². The van der Waals surface area contributed by atoms with Crippen LogP contribution >= 0.6 is 0 Å². The van der Waals surface area contributed by atoms with Crippen LogP contribution in [0.1, 0.15) is 25.0 Å². The van der Waals surface area contributed by atoms with E-state index in [1.807, 2.05) is 0 Å². The maximum atomic E-state index is 12.2. The number of rotatable bonds is 6. The van der Waals surface area contributed by atoms with E-state index in [2.05, 4.69) is 0 Å². The molecule has 110 valence electrons. The van der Waals surface area contributed by atoms with Crippen molar-refractivity contribution in [2.45, 2.75) is 31.8 Å². The van der Waals surface area contributed by atoms with E-state index in [-0.39, 0.29) is 17.4 Å². The Labute approximate surface area is 119 Å². The predicted octanol–water partition coefficient (Wildman–Crippen LogP) is 2.26. The molecule has 20 heavy (non-hydrogen) atoms. The maximum absolute atomic E-state index is 12.2. The van der Waals surface area contributed by atoms with Crippen molar-refractivity contribution >= 4 is 22.5 Å². The first-order valence-electron chi connectivity index (χ1n) is 6.08. The van der Waals surface area contributed by atoms with Crippen molar-refractivity contribution in [3.63, 3.8) is 0 Å². The van der Waals surface area contributed by atoms with Crippen LogP contribution in [0.25, 0.3) is 0 Å². The predicted molar refractivity (Wildman–Crippen MR) is 75.9 cm³/mol. The molecule has 1 aromatic rings. The Morgan fingerprint density at radius 3 is 2.50 bits per heavy atom. The number of hydrogen-bond acceptors (Lipinski definition) is 4. The Morgan fingerprint density at radius 2 is 2.05 bits per heavy atom. The number of nitro groups is 1. The van der Waals surface area contributed by atoms with Crippen LogP contribution in [0, 0.1) is 23.0 Å². The smallest absolute Gasteiger partial charge is 0.319 e. The van der Waals surface area contributed by atoms with Crippen molar-refractivity contribution in [3.05, 3.63) is 39.4 Å². The molecule has 0 fully saturated rings. The van der Waals surface area contributed by atoms with E-state index in [9.17, 15) is 19.1 Å². The minimum atomic E-state index is -1.62. The first kappa shape index (κ1) is 16.3. The molecule has 6 nitrogen and oxygen atoms in total. The number of carboxylic acids is 1. The summed E-state index contributed by atoms with van der Waals surface area (Å²) in [6.45, 7) is 4.96. The van der Waals surface area contributed by atoms with E-state index < -0.39 is 26.9 Å². The van der Waals surface area contributed by atoms with Crippen LogP contribution in [0.3, 0.4) is 0 Å². The molecule has 0 bridgehead atoms. The van der Waals surface area contributed by atoms with Crippen molar-refractivity contribution in [2.75, 3.05) is 0 Å². The molecule has 0 heterocycles. The van der Waals surface area contributed by atoms with Gasteiger partial charge in [0, 0.05) is 28.2 Å². The van der Waals surface area contributed by atoms with Gasteiger partial charge in [-0.3, -0.25) is 19.1 Å². The zero-order valence-corrected chi connectivity index (χ0v) is 12.3. The van der Waals surface area contributed by atoms with Gasteiger partial charge in [-0.05, 0) is 18.4 Å². The Hall–Kier alpha value is -1.76. The molecular weight excluding hydrogens is 282 g/mol. The number of carboxylic acid groups (broad SMARTS) is 1. The highest BCUT2D eigenvalue weighted by Crippen LogP contribution is 2.23. The third kappa shape index (κ3) is 3.63. The van der Waals surface area contributed by atoms with E-state index in [1.165, 1.54) is 12.1 Å². The molecule has 0 spiro atoms. The monoisotopic (exact) mass is 299 g/mol. The Kier molecular flexibility index (Phi) is 5.38. The zero-order valence-electron chi connectivity index (χ0n) is 11.5. The van der Waals surface area contributed by atoms with Gasteiger partial charge in [-0.1, -0.05) is 26.0 Å². The largest absolute Gasteiger partial charge is 0.480 e. The second-order valence-corrected chi connectivity index (χ2v) is 6.40. The Bertz CT molecular complexity index is 556. The second kappa shape index (κ2) is 6.60. The molecule has 2 unspecified atom stereocenters. The van der Waals surface area contributed by atoms with Crippen molar-refractivity contribution in [3.8, 4) is 0 Å². The van der Waals surface area contributed by atoms with Crippen LogP contribution in [0.15, 0.2) is 18.2 Å². The lowest BCUT2D eigenvalue weighted by Gasteiger charge is -2.16. The number of carbonyl (C=O) groups is 1. The second-order valence-electron chi connectivity index (χ2n) is 4.85. The van der Waals surface area contributed by atoms with Gasteiger partial charge in [0.25, 0.3) is 5.69 Å². The molecule has 1 rings (SSSR count). The fourth-order valence-electron chi connectivity index (χ4n) is 1.97. The zero-order chi connectivity index (χ0) is 15.4. The lowest BCUT2D eigenvalue weighted by Crippen LogP contribution is -2.31. The molecule has 0 saturated carbocycles. The Balaban J connectivity index is 3.05. The van der Waals surface area contributed by atoms with Crippen molar-refractivity contribution in [1.29, 1.82) is 0 Å². The van der Waals surface area contributed by atoms with E-state index in [0.29, 0.717) is 11.1 Å². The summed E-state index contributed by atoms with van der Waals surface area (Å²) in [5, 5.41) is 19.0. The van der Waals surface area contributed by atoms with Gasteiger partial charge in [0.1, 0.15) is 5.25 Å². The van der Waals surface area contributed by atoms with Gasteiger partial charge in [0.05, 0.1) is 4.92 Å². The molecule has 0 aliphatic rings. The summed E-state index contributed by atoms with van der Waals surface area (Å²) in [5.41, 5.74) is 0.930. The van der Waals surface area contributed by atoms with Crippen molar-refractivity contribution in [1.82, 2.24) is 0 Å². The minimum absolute atomic E-state index is 0.00264. The SMILES string of the molecule is Cc1c(CS(=O)C(C(=O)O)C(C)C)cccc1[N+](=O)[O-]. The molecule has 0 radical (unpaired) electrons. The van der Waals surface area contributed by atoms with E-state index in [1.54, 1.807) is 26.8 Å². The average molecular weight is 299 g/mol. The summed E-state index contributed by atoms with van der Waals surface area (Å²) in [4.78, 5) is 21.5. The summed E-state index contributed by atoms with van der Waals surface area (Å²) in [6, 6.07) is 4.53. The standard InChI is InChI=1S/C13H17NO5S/c1-8(2)12(13(15)16)20(19)7-10-5-4-6-11(9(10)3)14(17)18/h4-6,8,12H,7H2,1-3H3,(H,15,16). The van der Waals surface area contributed by atoms with Gasteiger partial charge in [-0.15, -0.1) is 0 Å². The topological polar surface area (TPSA) is 97.5 Å². The first-order valence-corrected chi connectivity index (χ1v) is 7.46. The van der Waals surface area contributed by atoms with Crippen LogP contribution in [0.5, 0.6) is 0 Å². The normalized spacial score (nSPS) is 14.0. The quantitative estimate of drug-likeness (QED) is 0.642. The van der Waals surface area contributed by atoms with Crippen molar-refractivity contribution < 1.29 is 19.0 Å². The van der Waals surface area contributed by atoms with Crippen LogP contribution < -0.4 is 0 Å².